The second kappa shape index (κ2) is 8.06. The van der Waals surface area contributed by atoms with Crippen LogP contribution in [0.15, 0.2) is 54.6 Å². The van der Waals surface area contributed by atoms with Crippen molar-refractivity contribution >= 4 is 6.03 Å². The smallest absolute Gasteiger partial charge is 0.315 e. The molecule has 1 aliphatic carbocycles. The molecular formula is C21H26N2O2. The van der Waals surface area contributed by atoms with Gasteiger partial charge in [0.05, 0.1) is 7.11 Å². The lowest BCUT2D eigenvalue weighted by Crippen LogP contribution is -2.43. The molecule has 1 aliphatic rings. The average Bonchev–Trinajstić information content (AvgIpc) is 3.15. The predicted molar refractivity (Wildman–Crippen MR) is 99.8 cm³/mol. The SMILES string of the molecule is COc1ccccc1C1(CNC(=O)NCc2ccccc2)CCCC1. The molecule has 0 atom stereocenters. The Morgan fingerprint density at radius 1 is 1.00 bits per heavy atom. The van der Waals surface area contributed by atoms with E-state index in [0.717, 1.165) is 24.2 Å². The van der Waals surface area contributed by atoms with E-state index in [2.05, 4.69) is 16.7 Å². The molecule has 2 aromatic carbocycles. The molecular weight excluding hydrogens is 312 g/mol. The van der Waals surface area contributed by atoms with Gasteiger partial charge in [-0.2, -0.15) is 0 Å². The number of urea groups is 1. The zero-order valence-electron chi connectivity index (χ0n) is 14.8. The molecule has 25 heavy (non-hydrogen) atoms. The standard InChI is InChI=1S/C21H26N2O2/c1-25-19-12-6-5-11-18(19)21(13-7-8-14-21)16-23-20(24)22-15-17-9-3-2-4-10-17/h2-6,9-12H,7-8,13-16H2,1H3,(H2,22,23,24). The molecule has 2 N–H and O–H groups in total. The maximum absolute atomic E-state index is 12.2. The second-order valence-corrected chi connectivity index (χ2v) is 6.71. The van der Waals surface area contributed by atoms with Crippen molar-refractivity contribution in [1.82, 2.24) is 10.6 Å². The fourth-order valence-corrected chi connectivity index (χ4v) is 3.77. The average molecular weight is 338 g/mol. The van der Waals surface area contributed by atoms with Gasteiger partial charge in [-0.05, 0) is 24.5 Å². The monoisotopic (exact) mass is 338 g/mol. The van der Waals surface area contributed by atoms with Crippen LogP contribution in [0.1, 0.15) is 36.8 Å². The highest BCUT2D eigenvalue weighted by molar-refractivity contribution is 5.74. The Morgan fingerprint density at radius 3 is 2.40 bits per heavy atom. The topological polar surface area (TPSA) is 50.4 Å². The van der Waals surface area contributed by atoms with Crippen LogP contribution in [0.5, 0.6) is 5.75 Å². The van der Waals surface area contributed by atoms with E-state index in [4.69, 9.17) is 4.74 Å². The van der Waals surface area contributed by atoms with Crippen molar-refractivity contribution in [1.29, 1.82) is 0 Å². The van der Waals surface area contributed by atoms with Crippen LogP contribution in [-0.2, 0) is 12.0 Å². The minimum absolute atomic E-state index is 0.0311. The summed E-state index contributed by atoms with van der Waals surface area (Å²) in [5.41, 5.74) is 2.27. The van der Waals surface area contributed by atoms with Gasteiger partial charge in [0.2, 0.25) is 0 Å². The Bertz CT molecular complexity index is 694. The quantitative estimate of drug-likeness (QED) is 0.836. The Balaban J connectivity index is 1.63. The first-order valence-electron chi connectivity index (χ1n) is 8.93. The van der Waals surface area contributed by atoms with Crippen molar-refractivity contribution in [3.63, 3.8) is 0 Å². The van der Waals surface area contributed by atoms with Gasteiger partial charge in [-0.25, -0.2) is 4.79 Å². The number of carbonyl (C=O) groups is 1. The molecule has 0 spiro atoms. The van der Waals surface area contributed by atoms with Crippen molar-refractivity contribution < 1.29 is 9.53 Å². The highest BCUT2D eigenvalue weighted by Crippen LogP contribution is 2.44. The van der Waals surface area contributed by atoms with Crippen molar-refractivity contribution in [2.75, 3.05) is 13.7 Å². The van der Waals surface area contributed by atoms with E-state index in [0.29, 0.717) is 13.1 Å². The van der Waals surface area contributed by atoms with Gasteiger partial charge < -0.3 is 15.4 Å². The van der Waals surface area contributed by atoms with E-state index in [1.165, 1.54) is 18.4 Å². The lowest BCUT2D eigenvalue weighted by atomic mass is 9.78. The molecule has 2 aromatic rings. The van der Waals surface area contributed by atoms with Crippen LogP contribution in [0.2, 0.25) is 0 Å². The minimum atomic E-state index is -0.120. The zero-order valence-corrected chi connectivity index (χ0v) is 14.8. The van der Waals surface area contributed by atoms with E-state index in [-0.39, 0.29) is 11.4 Å². The van der Waals surface area contributed by atoms with Gasteiger partial charge in [-0.3, -0.25) is 0 Å². The molecule has 0 heterocycles. The van der Waals surface area contributed by atoms with E-state index >= 15 is 0 Å². The number of hydrogen-bond donors (Lipinski definition) is 2. The van der Waals surface area contributed by atoms with Gasteiger partial charge in [-0.1, -0.05) is 61.4 Å². The third-order valence-electron chi connectivity index (χ3n) is 5.12. The summed E-state index contributed by atoms with van der Waals surface area (Å²) >= 11 is 0. The lowest BCUT2D eigenvalue weighted by molar-refractivity contribution is 0.236. The number of amides is 2. The lowest BCUT2D eigenvalue weighted by Gasteiger charge is -2.31. The van der Waals surface area contributed by atoms with E-state index < -0.39 is 0 Å². The fraction of sp³-hybridized carbons (Fsp3) is 0.381. The Kier molecular flexibility index (Phi) is 5.59. The molecule has 2 amide bonds. The van der Waals surface area contributed by atoms with Gasteiger partial charge in [0.15, 0.2) is 0 Å². The van der Waals surface area contributed by atoms with E-state index in [1.54, 1.807) is 7.11 Å². The molecule has 0 aromatic heterocycles. The van der Waals surface area contributed by atoms with Crippen LogP contribution < -0.4 is 15.4 Å². The Hall–Kier alpha value is -2.49. The highest BCUT2D eigenvalue weighted by Gasteiger charge is 2.37. The summed E-state index contributed by atoms with van der Waals surface area (Å²) in [6.45, 7) is 1.17. The molecule has 1 fully saturated rings. The van der Waals surface area contributed by atoms with Crippen molar-refractivity contribution in [2.45, 2.75) is 37.6 Å². The van der Waals surface area contributed by atoms with Gasteiger partial charge in [0.1, 0.15) is 5.75 Å². The molecule has 0 radical (unpaired) electrons. The van der Waals surface area contributed by atoms with E-state index in [9.17, 15) is 4.79 Å². The number of para-hydroxylation sites is 1. The minimum Gasteiger partial charge on any atom is -0.496 e. The summed E-state index contributed by atoms with van der Waals surface area (Å²) in [7, 11) is 1.71. The van der Waals surface area contributed by atoms with E-state index in [1.807, 2.05) is 48.5 Å². The summed E-state index contributed by atoms with van der Waals surface area (Å²) in [4.78, 5) is 12.2. The maximum atomic E-state index is 12.2. The molecule has 0 saturated heterocycles. The molecule has 4 heteroatoms. The number of nitrogens with one attached hydrogen (secondary N) is 2. The summed E-state index contributed by atoms with van der Waals surface area (Å²) < 4.78 is 5.57. The van der Waals surface area contributed by atoms with Crippen LogP contribution in [0, 0.1) is 0 Å². The van der Waals surface area contributed by atoms with Crippen molar-refractivity contribution in [2.24, 2.45) is 0 Å². The summed E-state index contributed by atoms with van der Waals surface area (Å²) in [5, 5.41) is 6.02. The number of methoxy groups -OCH3 is 1. The number of carbonyl (C=O) groups excluding carboxylic acids is 1. The highest BCUT2D eigenvalue weighted by atomic mass is 16.5. The van der Waals surface area contributed by atoms with Gasteiger partial charge in [-0.15, -0.1) is 0 Å². The van der Waals surface area contributed by atoms with Crippen LogP contribution in [0.25, 0.3) is 0 Å². The second-order valence-electron chi connectivity index (χ2n) is 6.71. The molecule has 132 valence electrons. The molecule has 0 unspecified atom stereocenters. The normalized spacial score (nSPS) is 15.6. The number of rotatable bonds is 6. The van der Waals surface area contributed by atoms with Gasteiger partial charge in [0, 0.05) is 24.1 Å². The molecule has 1 saturated carbocycles. The Labute approximate surface area is 149 Å². The molecule has 4 nitrogen and oxygen atoms in total. The summed E-state index contributed by atoms with van der Waals surface area (Å²) in [6, 6.07) is 18.0. The first kappa shape index (κ1) is 17.3. The maximum Gasteiger partial charge on any atom is 0.315 e. The molecule has 0 aliphatic heterocycles. The number of ether oxygens (including phenoxy) is 1. The largest absolute Gasteiger partial charge is 0.496 e. The first-order chi connectivity index (χ1) is 12.2. The summed E-state index contributed by atoms with van der Waals surface area (Å²) in [5.74, 6) is 0.913. The van der Waals surface area contributed by atoms with Crippen LogP contribution >= 0.6 is 0 Å². The zero-order chi connectivity index (χ0) is 17.5. The molecule has 0 bridgehead atoms. The third-order valence-corrected chi connectivity index (χ3v) is 5.12. The van der Waals surface area contributed by atoms with Crippen LogP contribution in [0.4, 0.5) is 4.79 Å². The first-order valence-corrected chi connectivity index (χ1v) is 8.93. The summed E-state index contributed by atoms with van der Waals surface area (Å²) in [6.07, 6.45) is 4.52. The fourth-order valence-electron chi connectivity index (χ4n) is 3.77. The van der Waals surface area contributed by atoms with Crippen LogP contribution in [0.3, 0.4) is 0 Å². The van der Waals surface area contributed by atoms with Gasteiger partial charge in [0.25, 0.3) is 0 Å². The number of benzene rings is 2. The predicted octanol–water partition coefficient (Wildman–Crippen LogP) is 4.01. The molecule has 3 rings (SSSR count). The van der Waals surface area contributed by atoms with Crippen molar-refractivity contribution in [3.05, 3.63) is 65.7 Å². The van der Waals surface area contributed by atoms with Crippen LogP contribution in [-0.4, -0.2) is 19.7 Å². The third kappa shape index (κ3) is 4.13. The Morgan fingerprint density at radius 2 is 1.68 bits per heavy atom. The number of hydrogen-bond acceptors (Lipinski definition) is 2. The van der Waals surface area contributed by atoms with Gasteiger partial charge >= 0.3 is 6.03 Å². The van der Waals surface area contributed by atoms with Crippen molar-refractivity contribution in [3.8, 4) is 5.75 Å².